The monoisotopic (exact) mass is 281 g/mol. The zero-order chi connectivity index (χ0) is 15.1. The number of ketones is 1. The molecule has 0 spiro atoms. The molecule has 0 aliphatic carbocycles. The minimum atomic E-state index is -0.657. The number of nitro benzene ring substituents is 1. The van der Waals surface area contributed by atoms with Crippen LogP contribution in [0.5, 0.6) is 5.75 Å². The molecule has 0 aliphatic heterocycles. The van der Waals surface area contributed by atoms with Crippen molar-refractivity contribution in [2.24, 2.45) is 0 Å². The van der Waals surface area contributed by atoms with Crippen LogP contribution in [0, 0.1) is 10.1 Å². The maximum absolute atomic E-state index is 11.7. The highest BCUT2D eigenvalue weighted by atomic mass is 16.6. The SMILES string of the molecule is CCCC(=O)c1ccc(OCC(=O)OC)c([N+](=O)[O-])c1. The topological polar surface area (TPSA) is 95.7 Å². The van der Waals surface area contributed by atoms with Crippen LogP contribution in [0.3, 0.4) is 0 Å². The fraction of sp³-hybridized carbons (Fsp3) is 0.385. The number of rotatable bonds is 7. The normalized spacial score (nSPS) is 9.90. The van der Waals surface area contributed by atoms with E-state index in [2.05, 4.69) is 4.74 Å². The van der Waals surface area contributed by atoms with E-state index in [0.717, 1.165) is 6.07 Å². The lowest BCUT2D eigenvalue weighted by atomic mass is 10.1. The van der Waals surface area contributed by atoms with Crippen molar-refractivity contribution in [3.63, 3.8) is 0 Å². The molecule has 1 aromatic carbocycles. The summed E-state index contributed by atoms with van der Waals surface area (Å²) < 4.78 is 9.40. The Labute approximate surface area is 115 Å². The summed E-state index contributed by atoms with van der Waals surface area (Å²) in [6.45, 7) is 1.42. The van der Waals surface area contributed by atoms with Crippen LogP contribution in [0.15, 0.2) is 18.2 Å². The van der Waals surface area contributed by atoms with Crippen molar-refractivity contribution in [2.45, 2.75) is 19.8 Å². The second kappa shape index (κ2) is 7.22. The summed E-state index contributed by atoms with van der Waals surface area (Å²) in [5.74, 6) is -0.894. The molecule has 0 aliphatic rings. The average molecular weight is 281 g/mol. The number of carbonyl (C=O) groups excluding carboxylic acids is 2. The lowest BCUT2D eigenvalue weighted by Crippen LogP contribution is -2.13. The van der Waals surface area contributed by atoms with Crippen molar-refractivity contribution >= 4 is 17.4 Å². The Morgan fingerprint density at radius 2 is 2.05 bits per heavy atom. The van der Waals surface area contributed by atoms with E-state index in [1.165, 1.54) is 19.2 Å². The zero-order valence-corrected chi connectivity index (χ0v) is 11.3. The number of benzene rings is 1. The number of hydrogen-bond acceptors (Lipinski definition) is 6. The number of carbonyl (C=O) groups is 2. The summed E-state index contributed by atoms with van der Waals surface area (Å²) in [4.78, 5) is 33.0. The van der Waals surface area contributed by atoms with Crippen molar-refractivity contribution in [1.29, 1.82) is 0 Å². The first-order valence-electron chi connectivity index (χ1n) is 6.00. The molecule has 20 heavy (non-hydrogen) atoms. The molecule has 0 N–H and O–H groups in total. The van der Waals surface area contributed by atoms with Crippen LogP contribution in [-0.2, 0) is 9.53 Å². The first-order valence-corrected chi connectivity index (χ1v) is 6.00. The number of nitro groups is 1. The number of Topliss-reactive ketones (excluding diaryl/α,β-unsaturated/α-hetero) is 1. The van der Waals surface area contributed by atoms with Gasteiger partial charge >= 0.3 is 11.7 Å². The number of methoxy groups -OCH3 is 1. The maximum Gasteiger partial charge on any atom is 0.343 e. The van der Waals surface area contributed by atoms with Crippen LogP contribution in [-0.4, -0.2) is 30.4 Å². The van der Waals surface area contributed by atoms with Gasteiger partial charge in [-0.1, -0.05) is 6.92 Å². The highest BCUT2D eigenvalue weighted by molar-refractivity contribution is 5.96. The van der Waals surface area contributed by atoms with Crippen LogP contribution in [0.2, 0.25) is 0 Å². The molecule has 7 nitrogen and oxygen atoms in total. The number of ether oxygens (including phenoxy) is 2. The second-order valence-electron chi connectivity index (χ2n) is 3.98. The molecule has 0 aromatic heterocycles. The van der Waals surface area contributed by atoms with Crippen molar-refractivity contribution in [2.75, 3.05) is 13.7 Å². The number of nitrogens with zero attached hydrogens (tertiary/aromatic N) is 1. The molecule has 0 saturated carbocycles. The molecule has 0 bridgehead atoms. The van der Waals surface area contributed by atoms with Crippen molar-refractivity contribution in [1.82, 2.24) is 0 Å². The van der Waals surface area contributed by atoms with Gasteiger partial charge in [0.05, 0.1) is 12.0 Å². The van der Waals surface area contributed by atoms with Crippen molar-refractivity contribution in [3.05, 3.63) is 33.9 Å². The molecule has 1 rings (SSSR count). The summed E-state index contributed by atoms with van der Waals surface area (Å²) in [5.41, 5.74) is -0.0974. The van der Waals surface area contributed by atoms with Crippen LogP contribution >= 0.6 is 0 Å². The summed E-state index contributed by atoms with van der Waals surface area (Å²) in [5, 5.41) is 11.0. The first-order chi connectivity index (χ1) is 9.49. The third-order valence-electron chi connectivity index (χ3n) is 2.53. The Kier molecular flexibility index (Phi) is 5.64. The lowest BCUT2D eigenvalue weighted by molar-refractivity contribution is -0.385. The molecule has 108 valence electrons. The molecule has 0 fully saturated rings. The van der Waals surface area contributed by atoms with E-state index in [0.29, 0.717) is 12.8 Å². The Morgan fingerprint density at radius 1 is 1.35 bits per heavy atom. The van der Waals surface area contributed by atoms with Crippen LogP contribution < -0.4 is 4.74 Å². The smallest absolute Gasteiger partial charge is 0.343 e. The van der Waals surface area contributed by atoms with E-state index in [9.17, 15) is 19.7 Å². The van der Waals surface area contributed by atoms with Gasteiger partial charge in [0, 0.05) is 18.1 Å². The van der Waals surface area contributed by atoms with E-state index < -0.39 is 17.5 Å². The Hall–Kier alpha value is -2.44. The van der Waals surface area contributed by atoms with Crippen molar-refractivity contribution in [3.8, 4) is 5.75 Å². The highest BCUT2D eigenvalue weighted by Gasteiger charge is 2.19. The van der Waals surface area contributed by atoms with Crippen LogP contribution in [0.25, 0.3) is 0 Å². The van der Waals surface area contributed by atoms with Gasteiger partial charge in [-0.05, 0) is 18.6 Å². The third kappa shape index (κ3) is 4.04. The molecule has 0 unspecified atom stereocenters. The van der Waals surface area contributed by atoms with Crippen molar-refractivity contribution < 1.29 is 24.0 Å². The largest absolute Gasteiger partial charge is 0.475 e. The molecule has 0 atom stereocenters. The summed E-state index contributed by atoms with van der Waals surface area (Å²) in [7, 11) is 1.19. The van der Waals surface area contributed by atoms with Gasteiger partial charge in [0.1, 0.15) is 0 Å². The lowest BCUT2D eigenvalue weighted by Gasteiger charge is -2.07. The Bertz CT molecular complexity index is 526. The number of hydrogen-bond donors (Lipinski definition) is 0. The molecule has 0 saturated heterocycles. The Balaban J connectivity index is 2.99. The van der Waals surface area contributed by atoms with Gasteiger partial charge in [0.2, 0.25) is 0 Å². The summed E-state index contributed by atoms with van der Waals surface area (Å²) in [6.07, 6.45) is 0.979. The quantitative estimate of drug-likeness (QED) is 0.329. The molecule has 0 radical (unpaired) electrons. The Morgan fingerprint density at radius 3 is 2.60 bits per heavy atom. The van der Waals surface area contributed by atoms with Crippen LogP contribution in [0.1, 0.15) is 30.1 Å². The molecule has 7 heteroatoms. The summed E-state index contributed by atoms with van der Waals surface area (Å²) >= 11 is 0. The van der Waals surface area contributed by atoms with E-state index in [1.807, 2.05) is 6.92 Å². The molecule has 0 amide bonds. The minimum Gasteiger partial charge on any atom is -0.475 e. The van der Waals surface area contributed by atoms with E-state index >= 15 is 0 Å². The number of esters is 1. The van der Waals surface area contributed by atoms with Gasteiger partial charge in [0.25, 0.3) is 0 Å². The standard InChI is InChI=1S/C13H15NO6/c1-3-4-11(15)9-5-6-12(10(7-9)14(17)18)20-8-13(16)19-2/h5-7H,3-4,8H2,1-2H3. The van der Waals surface area contributed by atoms with Gasteiger partial charge in [0.15, 0.2) is 18.1 Å². The fourth-order valence-corrected chi connectivity index (χ4v) is 1.52. The van der Waals surface area contributed by atoms with Gasteiger partial charge < -0.3 is 9.47 Å². The van der Waals surface area contributed by atoms with E-state index in [-0.39, 0.29) is 22.8 Å². The molecular formula is C13H15NO6. The molecule has 1 aromatic rings. The highest BCUT2D eigenvalue weighted by Crippen LogP contribution is 2.28. The predicted octanol–water partition coefficient (Wildman–Crippen LogP) is 2.13. The van der Waals surface area contributed by atoms with E-state index in [1.54, 1.807) is 0 Å². The van der Waals surface area contributed by atoms with Gasteiger partial charge in [-0.2, -0.15) is 0 Å². The maximum atomic E-state index is 11.7. The summed E-state index contributed by atoms with van der Waals surface area (Å²) in [6, 6.07) is 3.91. The second-order valence-corrected chi connectivity index (χ2v) is 3.98. The van der Waals surface area contributed by atoms with Gasteiger partial charge in [-0.3, -0.25) is 14.9 Å². The van der Waals surface area contributed by atoms with E-state index in [4.69, 9.17) is 4.74 Å². The molecule has 0 heterocycles. The third-order valence-corrected chi connectivity index (χ3v) is 2.53. The fourth-order valence-electron chi connectivity index (χ4n) is 1.52. The minimum absolute atomic E-state index is 0.0755. The first kappa shape index (κ1) is 15.6. The predicted molar refractivity (Wildman–Crippen MR) is 69.8 cm³/mol. The average Bonchev–Trinajstić information content (AvgIpc) is 2.44. The van der Waals surface area contributed by atoms with Gasteiger partial charge in [-0.25, -0.2) is 4.79 Å². The van der Waals surface area contributed by atoms with Crippen LogP contribution in [0.4, 0.5) is 5.69 Å². The molecular weight excluding hydrogens is 266 g/mol. The van der Waals surface area contributed by atoms with Gasteiger partial charge in [-0.15, -0.1) is 0 Å². The zero-order valence-electron chi connectivity index (χ0n) is 11.3.